The lowest BCUT2D eigenvalue weighted by atomic mass is 9.97. The summed E-state index contributed by atoms with van der Waals surface area (Å²) in [6.07, 6.45) is -1.63. The number of pyridine rings is 1. The van der Waals surface area contributed by atoms with Crippen molar-refractivity contribution in [1.82, 2.24) is 15.0 Å². The second kappa shape index (κ2) is 8.62. The number of benzene rings is 2. The van der Waals surface area contributed by atoms with Gasteiger partial charge in [0, 0.05) is 28.8 Å². The molecule has 0 spiro atoms. The van der Waals surface area contributed by atoms with E-state index in [-0.39, 0.29) is 17.9 Å². The molecule has 3 N–H and O–H groups in total. The second-order valence-corrected chi connectivity index (χ2v) is 8.86. The molecule has 2 aromatic carbocycles. The molecule has 0 bridgehead atoms. The first kappa shape index (κ1) is 22.7. The minimum atomic E-state index is -4.47. The molecule has 1 amide bonds. The van der Waals surface area contributed by atoms with E-state index in [1.54, 1.807) is 17.5 Å². The molecule has 0 aliphatic rings. The summed E-state index contributed by atoms with van der Waals surface area (Å²) in [5.74, 6) is -0.0685. The number of hydrogen-bond acceptors (Lipinski definition) is 6. The summed E-state index contributed by atoms with van der Waals surface area (Å²) >= 11 is 1.28. The number of nitrogens with two attached hydrogens (primary N) is 1. The molecule has 0 atom stereocenters. The van der Waals surface area contributed by atoms with Gasteiger partial charge in [-0.15, -0.1) is 11.3 Å². The fourth-order valence-electron chi connectivity index (χ4n) is 4.07. The molecule has 3 heterocycles. The summed E-state index contributed by atoms with van der Waals surface area (Å²) in [6.45, 7) is 1.85. The molecule has 10 heteroatoms. The minimum absolute atomic E-state index is 0.00512. The molecular formula is C25H18F3N5OS. The van der Waals surface area contributed by atoms with Crippen molar-refractivity contribution in [3.05, 3.63) is 88.3 Å². The molecule has 176 valence electrons. The number of thiophene rings is 1. The first-order valence-electron chi connectivity index (χ1n) is 10.6. The van der Waals surface area contributed by atoms with Crippen molar-refractivity contribution >= 4 is 49.7 Å². The van der Waals surface area contributed by atoms with Crippen LogP contribution in [-0.4, -0.2) is 20.9 Å². The molecular weight excluding hydrogens is 475 g/mol. The van der Waals surface area contributed by atoms with Crippen LogP contribution in [0.4, 0.5) is 24.7 Å². The first-order valence-corrected chi connectivity index (χ1v) is 11.4. The lowest BCUT2D eigenvalue weighted by molar-refractivity contribution is -0.138. The fourth-order valence-corrected chi connectivity index (χ4v) is 4.98. The molecule has 35 heavy (non-hydrogen) atoms. The third-order valence-electron chi connectivity index (χ3n) is 5.78. The Morgan fingerprint density at radius 1 is 1.06 bits per heavy atom. The quantitative estimate of drug-likeness (QED) is 0.321. The lowest BCUT2D eigenvalue weighted by Crippen LogP contribution is -2.13. The molecule has 0 aliphatic heterocycles. The van der Waals surface area contributed by atoms with Gasteiger partial charge in [0.25, 0.3) is 5.91 Å². The number of nitrogens with zero attached hydrogens (tertiary/aromatic N) is 3. The van der Waals surface area contributed by atoms with Crippen LogP contribution in [0.2, 0.25) is 0 Å². The van der Waals surface area contributed by atoms with Crippen LogP contribution < -0.4 is 11.1 Å². The second-order valence-electron chi connectivity index (χ2n) is 7.98. The Labute approximate surface area is 201 Å². The summed E-state index contributed by atoms with van der Waals surface area (Å²) in [5, 5.41) is 5.97. The van der Waals surface area contributed by atoms with Gasteiger partial charge < -0.3 is 11.1 Å². The van der Waals surface area contributed by atoms with E-state index >= 15 is 0 Å². The molecule has 0 saturated carbocycles. The van der Waals surface area contributed by atoms with Gasteiger partial charge in [0.05, 0.1) is 32.7 Å². The van der Waals surface area contributed by atoms with Crippen LogP contribution in [0, 0.1) is 6.92 Å². The number of carbonyl (C=O) groups excluding carboxylic acids is 1. The largest absolute Gasteiger partial charge is 0.416 e. The van der Waals surface area contributed by atoms with E-state index in [0.717, 1.165) is 11.6 Å². The van der Waals surface area contributed by atoms with Crippen LogP contribution in [0.5, 0.6) is 0 Å². The van der Waals surface area contributed by atoms with E-state index in [1.165, 1.54) is 36.0 Å². The first-order chi connectivity index (χ1) is 16.7. The number of aryl methyl sites for hydroxylation is 1. The Morgan fingerprint density at radius 2 is 1.86 bits per heavy atom. The molecule has 3 aromatic heterocycles. The van der Waals surface area contributed by atoms with Crippen LogP contribution in [0.15, 0.2) is 60.4 Å². The van der Waals surface area contributed by atoms with Gasteiger partial charge in [-0.3, -0.25) is 9.78 Å². The van der Waals surface area contributed by atoms with Crippen molar-refractivity contribution in [3.63, 3.8) is 0 Å². The number of carbonyl (C=O) groups is 1. The number of halogens is 3. The van der Waals surface area contributed by atoms with Gasteiger partial charge in [0.1, 0.15) is 12.1 Å². The zero-order valence-electron chi connectivity index (χ0n) is 18.3. The highest BCUT2D eigenvalue weighted by Crippen LogP contribution is 2.35. The normalized spacial score (nSPS) is 11.8. The maximum Gasteiger partial charge on any atom is 0.416 e. The van der Waals surface area contributed by atoms with Crippen molar-refractivity contribution in [2.24, 2.45) is 0 Å². The van der Waals surface area contributed by atoms with Crippen molar-refractivity contribution in [2.75, 3.05) is 11.1 Å². The maximum atomic E-state index is 13.5. The van der Waals surface area contributed by atoms with Crippen molar-refractivity contribution in [3.8, 4) is 0 Å². The van der Waals surface area contributed by atoms with Crippen LogP contribution >= 0.6 is 11.3 Å². The van der Waals surface area contributed by atoms with Crippen LogP contribution in [0.25, 0.3) is 21.0 Å². The highest BCUT2D eigenvalue weighted by molar-refractivity contribution is 7.18. The molecule has 0 unspecified atom stereocenters. The molecule has 0 radical (unpaired) electrons. The Morgan fingerprint density at radius 3 is 2.66 bits per heavy atom. The number of nitrogen functional groups attached to an aromatic ring is 1. The summed E-state index contributed by atoms with van der Waals surface area (Å²) in [4.78, 5) is 25.7. The van der Waals surface area contributed by atoms with Gasteiger partial charge in [-0.2, -0.15) is 13.2 Å². The van der Waals surface area contributed by atoms with Gasteiger partial charge in [-0.05, 0) is 30.2 Å². The minimum Gasteiger partial charge on any atom is -0.382 e. The van der Waals surface area contributed by atoms with E-state index < -0.39 is 11.7 Å². The van der Waals surface area contributed by atoms with E-state index in [1.807, 2.05) is 19.1 Å². The molecule has 6 nitrogen and oxygen atoms in total. The highest BCUT2D eigenvalue weighted by atomic mass is 32.1. The van der Waals surface area contributed by atoms with Gasteiger partial charge >= 0.3 is 6.18 Å². The zero-order valence-corrected chi connectivity index (χ0v) is 19.2. The third kappa shape index (κ3) is 4.17. The average molecular weight is 494 g/mol. The monoisotopic (exact) mass is 493 g/mol. The van der Waals surface area contributed by atoms with Crippen LogP contribution in [0.3, 0.4) is 0 Å². The average Bonchev–Trinajstić information content (AvgIpc) is 3.26. The van der Waals surface area contributed by atoms with E-state index in [4.69, 9.17) is 5.73 Å². The van der Waals surface area contributed by atoms with E-state index in [2.05, 4.69) is 20.3 Å². The highest BCUT2D eigenvalue weighted by Gasteiger charge is 2.33. The number of amides is 1. The van der Waals surface area contributed by atoms with Gasteiger partial charge in [-0.25, -0.2) is 9.97 Å². The summed E-state index contributed by atoms with van der Waals surface area (Å²) in [7, 11) is 0. The fraction of sp³-hybridized carbons (Fsp3) is 0.120. The van der Waals surface area contributed by atoms with Gasteiger partial charge in [0.2, 0.25) is 0 Å². The Bertz CT molecular complexity index is 1600. The summed E-state index contributed by atoms with van der Waals surface area (Å²) in [6, 6.07) is 10.8. The summed E-state index contributed by atoms with van der Waals surface area (Å²) < 4.78 is 41.2. The topological polar surface area (TPSA) is 93.8 Å². The van der Waals surface area contributed by atoms with E-state index in [0.29, 0.717) is 43.8 Å². The van der Waals surface area contributed by atoms with Crippen molar-refractivity contribution in [1.29, 1.82) is 0 Å². The van der Waals surface area contributed by atoms with Crippen LogP contribution in [0.1, 0.15) is 32.7 Å². The molecule has 0 saturated heterocycles. The molecule has 0 aliphatic carbocycles. The molecule has 5 aromatic rings. The zero-order chi connectivity index (χ0) is 24.7. The number of hydrogen-bond donors (Lipinski definition) is 2. The summed E-state index contributed by atoms with van der Waals surface area (Å²) in [5.41, 5.74) is 8.00. The van der Waals surface area contributed by atoms with Crippen LogP contribution in [-0.2, 0) is 12.6 Å². The van der Waals surface area contributed by atoms with Crippen molar-refractivity contribution in [2.45, 2.75) is 19.5 Å². The standard InChI is InChI=1S/C25H18F3N5OS/c1-13-6-7-15-16(8-9-30-19(15)10-14-4-2-3-5-18(14)25(26,27)28)20(13)33-24(34)17-11-35-22-21(17)31-12-32-23(22)29/h2-9,11-12H,10H2,1H3,(H,33,34)(H2,29,31,32). The maximum absolute atomic E-state index is 13.5. The lowest BCUT2D eigenvalue weighted by Gasteiger charge is -2.16. The smallest absolute Gasteiger partial charge is 0.382 e. The van der Waals surface area contributed by atoms with Gasteiger partial charge in [-0.1, -0.05) is 30.3 Å². The number of rotatable bonds is 4. The SMILES string of the molecule is Cc1ccc2c(Cc3ccccc3C(F)(F)F)nccc2c1NC(=O)c1csc2c(N)ncnc12. The number of aromatic nitrogens is 3. The molecule has 5 rings (SSSR count). The Balaban J connectivity index is 1.55. The number of alkyl halides is 3. The van der Waals surface area contributed by atoms with E-state index in [9.17, 15) is 18.0 Å². The number of anilines is 2. The molecule has 0 fully saturated rings. The third-order valence-corrected chi connectivity index (χ3v) is 6.77. The number of fused-ring (bicyclic) bond motifs is 2. The predicted molar refractivity (Wildman–Crippen MR) is 131 cm³/mol. The Kier molecular flexibility index (Phi) is 5.60. The Hall–Kier alpha value is -4.05. The van der Waals surface area contributed by atoms with Crippen molar-refractivity contribution < 1.29 is 18.0 Å². The predicted octanol–water partition coefficient (Wildman–Crippen LogP) is 5.99. The van der Waals surface area contributed by atoms with Gasteiger partial charge in [0.15, 0.2) is 0 Å². The number of nitrogens with one attached hydrogen (secondary N) is 1.